The molecule has 19 heavy (non-hydrogen) atoms. The Bertz CT molecular complexity index is 465. The highest BCUT2D eigenvalue weighted by molar-refractivity contribution is 6.21. The van der Waals surface area contributed by atoms with Gasteiger partial charge in [0.15, 0.2) is 0 Å². The average molecular weight is 281 g/mol. The van der Waals surface area contributed by atoms with E-state index < -0.39 is 0 Å². The molecule has 0 heterocycles. The number of halogens is 1. The van der Waals surface area contributed by atoms with Crippen molar-refractivity contribution in [3.05, 3.63) is 28.8 Å². The van der Waals surface area contributed by atoms with Gasteiger partial charge >= 0.3 is 0 Å². The van der Waals surface area contributed by atoms with E-state index in [0.29, 0.717) is 16.7 Å². The lowest BCUT2D eigenvalue weighted by Gasteiger charge is -2.16. The molecule has 0 aromatic heterocycles. The number of aryl methyl sites for hydroxylation is 2. The van der Waals surface area contributed by atoms with Gasteiger partial charge in [-0.25, -0.2) is 0 Å². The van der Waals surface area contributed by atoms with Gasteiger partial charge in [0.1, 0.15) is 5.75 Å². The lowest BCUT2D eigenvalue weighted by molar-refractivity contribution is 0.408. The first-order chi connectivity index (χ1) is 8.64. The third-order valence-electron chi connectivity index (χ3n) is 5.43. The minimum absolute atomic E-state index is 0.0771. The van der Waals surface area contributed by atoms with Crippen LogP contribution in [0.1, 0.15) is 49.8 Å². The van der Waals surface area contributed by atoms with Crippen LogP contribution in [-0.4, -0.2) is 7.11 Å². The Morgan fingerprint density at radius 1 is 1.05 bits per heavy atom. The number of benzene rings is 1. The highest BCUT2D eigenvalue weighted by Crippen LogP contribution is 2.73. The fourth-order valence-corrected chi connectivity index (χ4v) is 4.39. The maximum Gasteiger partial charge on any atom is 0.124 e. The summed E-state index contributed by atoms with van der Waals surface area (Å²) in [7, 11) is 1.72. The third-order valence-corrected chi connectivity index (χ3v) is 5.93. The van der Waals surface area contributed by atoms with Crippen LogP contribution in [0.15, 0.2) is 12.1 Å². The molecule has 1 aromatic carbocycles. The van der Waals surface area contributed by atoms with Gasteiger partial charge in [-0.05, 0) is 47.3 Å². The Labute approximate surface area is 122 Å². The van der Waals surface area contributed by atoms with Gasteiger partial charge in [-0.2, -0.15) is 0 Å². The minimum atomic E-state index is 0.0771. The first-order valence-corrected chi connectivity index (χ1v) is 7.37. The van der Waals surface area contributed by atoms with Crippen LogP contribution in [0.25, 0.3) is 0 Å². The summed E-state index contributed by atoms with van der Waals surface area (Å²) in [6.07, 6.45) is 0. The summed E-state index contributed by atoms with van der Waals surface area (Å²) in [5, 5.41) is 0.0771. The van der Waals surface area contributed by atoms with Gasteiger partial charge in [0, 0.05) is 0 Å². The van der Waals surface area contributed by atoms with Crippen LogP contribution in [0.5, 0.6) is 5.75 Å². The first-order valence-electron chi connectivity index (χ1n) is 6.93. The predicted octanol–water partition coefficient (Wildman–Crippen LogP) is 5.27. The zero-order valence-corrected chi connectivity index (χ0v) is 13.9. The normalized spacial score (nSPS) is 22.1. The summed E-state index contributed by atoms with van der Waals surface area (Å²) in [6.45, 7) is 13.4. The van der Waals surface area contributed by atoms with E-state index in [0.717, 1.165) is 5.75 Å². The minimum Gasteiger partial charge on any atom is -0.496 e. The molecule has 0 saturated heterocycles. The number of ether oxygens (including phenoxy) is 1. The predicted molar refractivity (Wildman–Crippen MR) is 82.1 cm³/mol. The molecule has 1 aromatic rings. The average Bonchev–Trinajstić information content (AvgIpc) is 2.68. The molecular formula is C17H25ClO. The highest BCUT2D eigenvalue weighted by Gasteiger charge is 2.67. The van der Waals surface area contributed by atoms with E-state index in [1.54, 1.807) is 7.11 Å². The summed E-state index contributed by atoms with van der Waals surface area (Å²) in [5.74, 6) is 1.50. The second-order valence-electron chi connectivity index (χ2n) is 7.01. The topological polar surface area (TPSA) is 9.23 Å². The molecule has 0 N–H and O–H groups in total. The molecule has 1 fully saturated rings. The molecule has 2 heteroatoms. The van der Waals surface area contributed by atoms with Gasteiger partial charge in [0.05, 0.1) is 12.5 Å². The van der Waals surface area contributed by atoms with Gasteiger partial charge in [-0.1, -0.05) is 39.8 Å². The van der Waals surface area contributed by atoms with Crippen LogP contribution in [0, 0.1) is 30.6 Å². The molecule has 0 spiro atoms. The lowest BCUT2D eigenvalue weighted by atomic mass is 9.98. The van der Waals surface area contributed by atoms with Crippen LogP contribution < -0.4 is 4.74 Å². The molecule has 1 nitrogen and oxygen atoms in total. The number of rotatable bonds is 3. The SMILES string of the molecule is COc1c(C)cc(C(Cl)C2C(C)(C)C2(C)C)cc1C. The number of hydrogen-bond donors (Lipinski definition) is 0. The lowest BCUT2D eigenvalue weighted by Crippen LogP contribution is -2.02. The molecule has 1 atom stereocenters. The van der Waals surface area contributed by atoms with Crippen LogP contribution >= 0.6 is 11.6 Å². The Morgan fingerprint density at radius 3 is 1.79 bits per heavy atom. The van der Waals surface area contributed by atoms with Gasteiger partial charge < -0.3 is 4.74 Å². The maximum absolute atomic E-state index is 6.77. The van der Waals surface area contributed by atoms with Crippen molar-refractivity contribution >= 4 is 11.6 Å². The third kappa shape index (κ3) is 2.07. The quantitative estimate of drug-likeness (QED) is 0.685. The summed E-state index contributed by atoms with van der Waals surface area (Å²) in [6, 6.07) is 4.35. The van der Waals surface area contributed by atoms with E-state index in [1.165, 1.54) is 16.7 Å². The van der Waals surface area contributed by atoms with Crippen molar-refractivity contribution in [3.8, 4) is 5.75 Å². The van der Waals surface area contributed by atoms with Crippen molar-refractivity contribution in [1.82, 2.24) is 0 Å². The van der Waals surface area contributed by atoms with E-state index in [1.807, 2.05) is 0 Å². The molecule has 1 saturated carbocycles. The smallest absolute Gasteiger partial charge is 0.124 e. The highest BCUT2D eigenvalue weighted by atomic mass is 35.5. The second kappa shape index (κ2) is 4.41. The van der Waals surface area contributed by atoms with Crippen molar-refractivity contribution in [2.45, 2.75) is 46.9 Å². The van der Waals surface area contributed by atoms with Crippen LogP contribution in [-0.2, 0) is 0 Å². The van der Waals surface area contributed by atoms with Crippen molar-refractivity contribution in [3.63, 3.8) is 0 Å². The molecule has 1 aliphatic rings. The van der Waals surface area contributed by atoms with Crippen molar-refractivity contribution in [2.75, 3.05) is 7.11 Å². The first kappa shape index (κ1) is 14.7. The van der Waals surface area contributed by atoms with Gasteiger partial charge in [-0.15, -0.1) is 11.6 Å². The Kier molecular flexibility index (Phi) is 3.42. The van der Waals surface area contributed by atoms with Gasteiger partial charge in [-0.3, -0.25) is 0 Å². The van der Waals surface area contributed by atoms with Crippen LogP contribution in [0.2, 0.25) is 0 Å². The zero-order valence-electron chi connectivity index (χ0n) is 13.1. The fraction of sp³-hybridized carbons (Fsp3) is 0.647. The Morgan fingerprint density at radius 2 is 1.47 bits per heavy atom. The fourth-order valence-electron chi connectivity index (χ4n) is 3.64. The number of hydrogen-bond acceptors (Lipinski definition) is 1. The summed E-state index contributed by atoms with van der Waals surface area (Å²) < 4.78 is 5.43. The van der Waals surface area contributed by atoms with Gasteiger partial charge in [0.2, 0.25) is 0 Å². The Hall–Kier alpha value is -0.690. The van der Waals surface area contributed by atoms with E-state index in [2.05, 4.69) is 53.7 Å². The van der Waals surface area contributed by atoms with Crippen molar-refractivity contribution < 1.29 is 4.74 Å². The van der Waals surface area contributed by atoms with E-state index in [9.17, 15) is 0 Å². The van der Waals surface area contributed by atoms with E-state index in [-0.39, 0.29) is 5.38 Å². The maximum atomic E-state index is 6.77. The molecule has 0 bridgehead atoms. The molecule has 2 rings (SSSR count). The molecule has 1 aliphatic carbocycles. The molecule has 0 amide bonds. The van der Waals surface area contributed by atoms with E-state index >= 15 is 0 Å². The molecule has 0 radical (unpaired) electrons. The molecule has 106 valence electrons. The largest absolute Gasteiger partial charge is 0.496 e. The summed E-state index contributed by atoms with van der Waals surface area (Å²) >= 11 is 6.77. The summed E-state index contributed by atoms with van der Waals surface area (Å²) in [4.78, 5) is 0. The number of alkyl halides is 1. The van der Waals surface area contributed by atoms with Crippen molar-refractivity contribution in [2.24, 2.45) is 16.7 Å². The molecule has 1 unspecified atom stereocenters. The van der Waals surface area contributed by atoms with Crippen LogP contribution in [0.4, 0.5) is 0 Å². The molecular weight excluding hydrogens is 256 g/mol. The molecule has 0 aliphatic heterocycles. The summed E-state index contributed by atoms with van der Waals surface area (Å²) in [5.41, 5.74) is 4.17. The van der Waals surface area contributed by atoms with Gasteiger partial charge in [0.25, 0.3) is 0 Å². The monoisotopic (exact) mass is 280 g/mol. The van der Waals surface area contributed by atoms with E-state index in [4.69, 9.17) is 16.3 Å². The van der Waals surface area contributed by atoms with Crippen LogP contribution in [0.3, 0.4) is 0 Å². The van der Waals surface area contributed by atoms with Crippen molar-refractivity contribution in [1.29, 1.82) is 0 Å². The Balaban J connectivity index is 2.34. The second-order valence-corrected chi connectivity index (χ2v) is 7.48. The number of methoxy groups -OCH3 is 1. The zero-order chi connectivity index (χ0) is 14.6. The standard InChI is InChI=1S/C17H25ClO/c1-10-8-12(9-11(2)14(10)19-7)13(18)15-16(3,4)17(15,5)6/h8-9,13,15H,1-7H3.